The van der Waals surface area contributed by atoms with E-state index >= 15 is 0 Å². The van der Waals surface area contributed by atoms with Gasteiger partial charge in [-0.2, -0.15) is 9.94 Å². The Bertz CT molecular complexity index is 1180. The van der Waals surface area contributed by atoms with Gasteiger partial charge < -0.3 is 9.64 Å². The summed E-state index contributed by atoms with van der Waals surface area (Å²) in [6.07, 6.45) is 3.14. The van der Waals surface area contributed by atoms with Crippen LogP contribution in [0.4, 0.5) is 4.39 Å². The van der Waals surface area contributed by atoms with Crippen LogP contribution in [0, 0.1) is 17.1 Å². The number of nitriles is 1. The van der Waals surface area contributed by atoms with Crippen LogP contribution in [0.3, 0.4) is 0 Å². The van der Waals surface area contributed by atoms with Gasteiger partial charge in [0.15, 0.2) is 5.82 Å². The van der Waals surface area contributed by atoms with E-state index in [9.17, 15) is 9.18 Å². The summed E-state index contributed by atoms with van der Waals surface area (Å²) in [5.74, 6) is 0.0976. The zero-order valence-corrected chi connectivity index (χ0v) is 17.7. The largest absolute Gasteiger partial charge is 0.370 e. The normalized spacial score (nSPS) is 20.8. The molecular weight excluding hydrogens is 427 g/mol. The van der Waals surface area contributed by atoms with E-state index in [1.807, 2.05) is 17.0 Å². The molecule has 0 bridgehead atoms. The van der Waals surface area contributed by atoms with Gasteiger partial charge in [-0.25, -0.2) is 9.37 Å². The molecule has 2 saturated heterocycles. The highest BCUT2D eigenvalue weighted by atomic mass is 19.1. The third-order valence-electron chi connectivity index (χ3n) is 6.08. The van der Waals surface area contributed by atoms with Crippen LogP contribution in [0.5, 0.6) is 0 Å². The first-order valence-electron chi connectivity index (χ1n) is 10.6. The highest BCUT2D eigenvalue weighted by Gasteiger charge is 2.35. The second-order valence-corrected chi connectivity index (χ2v) is 8.12. The van der Waals surface area contributed by atoms with Gasteiger partial charge in [-0.15, -0.1) is 5.10 Å². The minimum Gasteiger partial charge on any atom is -0.370 e. The third kappa shape index (κ3) is 4.44. The standard InChI is InChI=1S/C22H21FN8O2/c23-19-8-16(2-3-17(19)9-24)20-12-29-5-6-30(11-18(29)13-33-20)22(32)7-15-1-4-21(25-10-15)31-14-26-27-28-31/h1-4,8,10,14,18,20H,5-7,11-13H2/t18-,20-/m0/s1. The first kappa shape index (κ1) is 21.1. The van der Waals surface area contributed by atoms with Crippen molar-refractivity contribution in [3.63, 3.8) is 0 Å². The molecule has 0 aliphatic carbocycles. The van der Waals surface area contributed by atoms with Crippen LogP contribution in [0.25, 0.3) is 5.82 Å². The molecule has 2 atom stereocenters. The summed E-state index contributed by atoms with van der Waals surface area (Å²) < 4.78 is 21.5. The van der Waals surface area contributed by atoms with E-state index in [2.05, 4.69) is 25.4 Å². The lowest BCUT2D eigenvalue weighted by Gasteiger charge is -2.46. The van der Waals surface area contributed by atoms with Crippen LogP contribution < -0.4 is 0 Å². The van der Waals surface area contributed by atoms with Gasteiger partial charge in [0.05, 0.1) is 30.7 Å². The van der Waals surface area contributed by atoms with Crippen molar-refractivity contribution in [3.05, 3.63) is 65.4 Å². The summed E-state index contributed by atoms with van der Waals surface area (Å²) in [5, 5.41) is 19.9. The molecule has 0 radical (unpaired) electrons. The lowest BCUT2D eigenvalue weighted by molar-refractivity contribution is -0.139. The topological polar surface area (TPSA) is 113 Å². The number of amides is 1. The lowest BCUT2D eigenvalue weighted by Crippen LogP contribution is -2.59. The molecule has 4 heterocycles. The number of hydrogen-bond acceptors (Lipinski definition) is 8. The van der Waals surface area contributed by atoms with E-state index in [0.717, 1.165) is 17.7 Å². The molecule has 3 aromatic rings. The Morgan fingerprint density at radius 3 is 2.88 bits per heavy atom. The van der Waals surface area contributed by atoms with Gasteiger partial charge in [-0.1, -0.05) is 12.1 Å². The van der Waals surface area contributed by atoms with E-state index < -0.39 is 5.82 Å². The van der Waals surface area contributed by atoms with Gasteiger partial charge in [0.1, 0.15) is 18.2 Å². The number of carbonyl (C=O) groups is 1. The number of pyridine rings is 1. The Labute approximate surface area is 189 Å². The number of tetrazole rings is 1. The summed E-state index contributed by atoms with van der Waals surface area (Å²) in [5.41, 5.74) is 1.57. The smallest absolute Gasteiger partial charge is 0.227 e. The summed E-state index contributed by atoms with van der Waals surface area (Å²) in [6, 6.07) is 10.2. The van der Waals surface area contributed by atoms with Crippen molar-refractivity contribution in [1.82, 2.24) is 35.0 Å². The van der Waals surface area contributed by atoms with Crippen molar-refractivity contribution in [3.8, 4) is 11.9 Å². The van der Waals surface area contributed by atoms with Crippen molar-refractivity contribution in [2.24, 2.45) is 0 Å². The monoisotopic (exact) mass is 448 g/mol. The highest BCUT2D eigenvalue weighted by Crippen LogP contribution is 2.28. The van der Waals surface area contributed by atoms with Crippen molar-refractivity contribution in [2.45, 2.75) is 18.6 Å². The Kier molecular flexibility index (Phi) is 5.77. The summed E-state index contributed by atoms with van der Waals surface area (Å²) in [4.78, 5) is 21.3. The first-order valence-corrected chi connectivity index (χ1v) is 10.6. The number of carbonyl (C=O) groups excluding carboxylic acids is 1. The van der Waals surface area contributed by atoms with E-state index in [0.29, 0.717) is 32.1 Å². The highest BCUT2D eigenvalue weighted by molar-refractivity contribution is 5.78. The van der Waals surface area contributed by atoms with Crippen LogP contribution >= 0.6 is 0 Å². The van der Waals surface area contributed by atoms with Crippen molar-refractivity contribution >= 4 is 5.91 Å². The van der Waals surface area contributed by atoms with Crippen LogP contribution in [-0.4, -0.2) is 79.7 Å². The van der Waals surface area contributed by atoms with Crippen LogP contribution in [0.2, 0.25) is 0 Å². The minimum atomic E-state index is -0.531. The maximum atomic E-state index is 14.0. The molecular formula is C22H21FN8O2. The predicted octanol–water partition coefficient (Wildman–Crippen LogP) is 0.895. The molecule has 168 valence electrons. The number of aromatic nitrogens is 5. The second kappa shape index (κ2) is 9.01. The fraction of sp³-hybridized carbons (Fsp3) is 0.364. The Hall–Kier alpha value is -3.75. The zero-order chi connectivity index (χ0) is 22.8. The van der Waals surface area contributed by atoms with E-state index in [1.165, 1.54) is 23.1 Å². The van der Waals surface area contributed by atoms with Gasteiger partial charge in [-0.3, -0.25) is 9.69 Å². The van der Waals surface area contributed by atoms with Crippen LogP contribution in [0.1, 0.15) is 22.8 Å². The van der Waals surface area contributed by atoms with Gasteiger partial charge in [0.2, 0.25) is 5.91 Å². The van der Waals surface area contributed by atoms with Crippen molar-refractivity contribution < 1.29 is 13.9 Å². The number of piperazine rings is 1. The molecule has 0 saturated carbocycles. The molecule has 5 rings (SSSR count). The average molecular weight is 448 g/mol. The SMILES string of the molecule is N#Cc1ccc([C@@H]2CN3CCN(C(=O)Cc4ccc(-n5cnnn5)nc4)C[C@H]3CO2)cc1F. The molecule has 0 N–H and O–H groups in total. The van der Waals surface area contributed by atoms with Gasteiger partial charge in [0, 0.05) is 32.4 Å². The molecule has 10 nitrogen and oxygen atoms in total. The Morgan fingerprint density at radius 1 is 1.24 bits per heavy atom. The predicted molar refractivity (Wildman–Crippen MR) is 112 cm³/mol. The number of hydrogen-bond donors (Lipinski definition) is 0. The number of ether oxygens (including phenoxy) is 1. The molecule has 0 spiro atoms. The number of morpholine rings is 1. The molecule has 1 aromatic carbocycles. The van der Waals surface area contributed by atoms with E-state index in [1.54, 1.807) is 18.3 Å². The molecule has 2 aliphatic rings. The molecule has 2 aromatic heterocycles. The minimum absolute atomic E-state index is 0.0276. The fourth-order valence-electron chi connectivity index (χ4n) is 4.24. The average Bonchev–Trinajstić information content (AvgIpc) is 3.39. The van der Waals surface area contributed by atoms with E-state index in [4.69, 9.17) is 10.00 Å². The molecule has 11 heteroatoms. The quantitative estimate of drug-likeness (QED) is 0.579. The van der Waals surface area contributed by atoms with Crippen LogP contribution in [0.15, 0.2) is 42.9 Å². The maximum absolute atomic E-state index is 14.0. The molecule has 0 unspecified atom stereocenters. The summed E-state index contributed by atoms with van der Waals surface area (Å²) in [7, 11) is 0. The Morgan fingerprint density at radius 2 is 2.15 bits per heavy atom. The fourth-order valence-corrected chi connectivity index (χ4v) is 4.24. The lowest BCUT2D eigenvalue weighted by atomic mass is 10.0. The Balaban J connectivity index is 1.17. The second-order valence-electron chi connectivity index (χ2n) is 8.12. The van der Waals surface area contributed by atoms with Crippen molar-refractivity contribution in [1.29, 1.82) is 5.26 Å². The summed E-state index contributed by atoms with van der Waals surface area (Å²) in [6.45, 7) is 3.02. The third-order valence-corrected chi connectivity index (χ3v) is 6.08. The number of rotatable bonds is 4. The molecule has 33 heavy (non-hydrogen) atoms. The number of benzene rings is 1. The number of fused-ring (bicyclic) bond motifs is 1. The van der Waals surface area contributed by atoms with Crippen LogP contribution in [-0.2, 0) is 16.0 Å². The number of nitrogens with zero attached hydrogens (tertiary/aromatic N) is 8. The summed E-state index contributed by atoms with van der Waals surface area (Å²) >= 11 is 0. The molecule has 1 amide bonds. The maximum Gasteiger partial charge on any atom is 0.227 e. The first-order chi connectivity index (χ1) is 16.1. The van der Waals surface area contributed by atoms with E-state index in [-0.39, 0.29) is 30.0 Å². The van der Waals surface area contributed by atoms with Gasteiger partial charge >= 0.3 is 0 Å². The van der Waals surface area contributed by atoms with Gasteiger partial charge in [0.25, 0.3) is 0 Å². The van der Waals surface area contributed by atoms with Gasteiger partial charge in [-0.05, 0) is 39.8 Å². The molecule has 2 fully saturated rings. The number of halogens is 1. The molecule has 2 aliphatic heterocycles. The zero-order valence-electron chi connectivity index (χ0n) is 17.7. The van der Waals surface area contributed by atoms with Crippen molar-refractivity contribution in [2.75, 3.05) is 32.8 Å².